The van der Waals surface area contributed by atoms with Crippen molar-refractivity contribution in [2.45, 2.75) is 26.3 Å². The molecule has 0 unspecified atom stereocenters. The lowest BCUT2D eigenvalue weighted by atomic mass is 10.3. The average molecular weight is 236 g/mol. The molecule has 1 aromatic rings. The molecule has 0 aliphatic rings. The first-order chi connectivity index (χ1) is 8.13. The van der Waals surface area contributed by atoms with E-state index >= 15 is 0 Å². The minimum Gasteiger partial charge on any atom is -0.365 e. The molecular weight excluding hydrogens is 218 g/mol. The average Bonchev–Trinajstić information content (AvgIpc) is 2.29. The quantitative estimate of drug-likeness (QED) is 0.538. The molecule has 92 valence electrons. The molecule has 0 aliphatic carbocycles. The van der Waals surface area contributed by atoms with Gasteiger partial charge in [-0.15, -0.1) is 0 Å². The van der Waals surface area contributed by atoms with Crippen molar-refractivity contribution in [3.05, 3.63) is 30.1 Å². The van der Waals surface area contributed by atoms with Gasteiger partial charge in [-0.2, -0.15) is 4.57 Å². The van der Waals surface area contributed by atoms with E-state index in [9.17, 15) is 9.59 Å². The second-order valence-corrected chi connectivity index (χ2v) is 3.83. The number of amides is 2. The fourth-order valence-corrected chi connectivity index (χ4v) is 1.39. The van der Waals surface area contributed by atoms with E-state index in [1.165, 1.54) is 0 Å². The van der Waals surface area contributed by atoms with Crippen molar-refractivity contribution in [3.8, 4) is 0 Å². The lowest BCUT2D eigenvalue weighted by Crippen LogP contribution is -2.43. The Hall–Kier alpha value is -1.91. The van der Waals surface area contributed by atoms with Gasteiger partial charge in [0.05, 0.1) is 0 Å². The van der Waals surface area contributed by atoms with Gasteiger partial charge < -0.3 is 11.1 Å². The standard InChI is InChI=1S/C12H17N3O2/c1-2-3-6-14-11(16)9-15-7-4-5-10(8-15)12(13)17/h4-5,7-8H,2-3,6,9H2,1H3,(H2-,13,14,16,17)/p+1. The fourth-order valence-electron chi connectivity index (χ4n) is 1.39. The summed E-state index contributed by atoms with van der Waals surface area (Å²) in [6.07, 6.45) is 5.32. The SMILES string of the molecule is CCCCNC(=O)C[n+]1cccc(C(N)=O)c1. The highest BCUT2D eigenvalue weighted by Gasteiger charge is 2.11. The zero-order valence-corrected chi connectivity index (χ0v) is 9.98. The summed E-state index contributed by atoms with van der Waals surface area (Å²) in [6.45, 7) is 2.95. The number of nitrogens with one attached hydrogen (secondary N) is 1. The molecule has 0 spiro atoms. The number of nitrogens with two attached hydrogens (primary N) is 1. The van der Waals surface area contributed by atoms with Crippen molar-refractivity contribution in [2.75, 3.05) is 6.54 Å². The molecule has 0 aromatic carbocycles. The number of nitrogens with zero attached hydrogens (tertiary/aromatic N) is 1. The van der Waals surface area contributed by atoms with E-state index in [2.05, 4.69) is 12.2 Å². The molecular formula is C12H18N3O2+. The molecule has 1 aromatic heterocycles. The van der Waals surface area contributed by atoms with E-state index in [1.54, 1.807) is 29.1 Å². The van der Waals surface area contributed by atoms with Crippen LogP contribution in [0.2, 0.25) is 0 Å². The normalized spacial score (nSPS) is 9.94. The van der Waals surface area contributed by atoms with Gasteiger partial charge in [0.25, 0.3) is 11.8 Å². The summed E-state index contributed by atoms with van der Waals surface area (Å²) >= 11 is 0. The second-order valence-electron chi connectivity index (χ2n) is 3.83. The lowest BCUT2D eigenvalue weighted by molar-refractivity contribution is -0.684. The van der Waals surface area contributed by atoms with Crippen LogP contribution in [0, 0.1) is 0 Å². The Morgan fingerprint density at radius 1 is 1.47 bits per heavy atom. The van der Waals surface area contributed by atoms with Crippen LogP contribution in [0.3, 0.4) is 0 Å². The summed E-state index contributed by atoms with van der Waals surface area (Å²) in [5, 5.41) is 2.80. The van der Waals surface area contributed by atoms with Crippen LogP contribution in [-0.4, -0.2) is 18.4 Å². The van der Waals surface area contributed by atoms with Gasteiger partial charge in [-0.25, -0.2) is 0 Å². The molecule has 0 radical (unpaired) electrons. The Labute approximate surface area is 101 Å². The van der Waals surface area contributed by atoms with E-state index in [1.807, 2.05) is 0 Å². The molecule has 5 heteroatoms. The summed E-state index contributed by atoms with van der Waals surface area (Å²) in [5.74, 6) is -0.559. The van der Waals surface area contributed by atoms with Crippen LogP contribution in [0.15, 0.2) is 24.5 Å². The topological polar surface area (TPSA) is 76.1 Å². The minimum absolute atomic E-state index is 0.0647. The first-order valence-corrected chi connectivity index (χ1v) is 5.69. The number of hydrogen-bond donors (Lipinski definition) is 2. The number of rotatable bonds is 6. The highest BCUT2D eigenvalue weighted by Crippen LogP contribution is 1.91. The van der Waals surface area contributed by atoms with Crippen LogP contribution in [0.4, 0.5) is 0 Å². The molecule has 0 aliphatic heterocycles. The van der Waals surface area contributed by atoms with Crippen LogP contribution >= 0.6 is 0 Å². The van der Waals surface area contributed by atoms with Crippen LogP contribution in [-0.2, 0) is 11.3 Å². The van der Waals surface area contributed by atoms with Crippen LogP contribution in [0.1, 0.15) is 30.1 Å². The molecule has 1 heterocycles. The van der Waals surface area contributed by atoms with E-state index in [0.717, 1.165) is 12.8 Å². The molecule has 0 bridgehead atoms. The molecule has 0 atom stereocenters. The van der Waals surface area contributed by atoms with Crippen molar-refractivity contribution < 1.29 is 14.2 Å². The van der Waals surface area contributed by atoms with Crippen LogP contribution in [0.25, 0.3) is 0 Å². The number of unbranched alkanes of at least 4 members (excludes halogenated alkanes) is 1. The number of carbonyl (C=O) groups excluding carboxylic acids is 2. The summed E-state index contributed by atoms with van der Waals surface area (Å²) in [7, 11) is 0. The number of primary amides is 1. The number of aromatic nitrogens is 1. The van der Waals surface area contributed by atoms with Crippen LogP contribution in [0.5, 0.6) is 0 Å². The van der Waals surface area contributed by atoms with Gasteiger partial charge in [0, 0.05) is 12.6 Å². The smallest absolute Gasteiger partial charge is 0.285 e. The van der Waals surface area contributed by atoms with E-state index in [4.69, 9.17) is 5.73 Å². The fraction of sp³-hybridized carbons (Fsp3) is 0.417. The predicted molar refractivity (Wildman–Crippen MR) is 63.1 cm³/mol. The maximum atomic E-state index is 11.5. The van der Waals surface area contributed by atoms with Crippen molar-refractivity contribution in [2.24, 2.45) is 5.73 Å². The maximum Gasteiger partial charge on any atom is 0.285 e. The van der Waals surface area contributed by atoms with Gasteiger partial charge >= 0.3 is 0 Å². The summed E-state index contributed by atoms with van der Waals surface area (Å²) in [6, 6.07) is 3.31. The largest absolute Gasteiger partial charge is 0.365 e. The van der Waals surface area contributed by atoms with Gasteiger partial charge in [-0.3, -0.25) is 9.59 Å². The summed E-state index contributed by atoms with van der Waals surface area (Å²) < 4.78 is 1.64. The highest BCUT2D eigenvalue weighted by atomic mass is 16.2. The lowest BCUT2D eigenvalue weighted by Gasteiger charge is -2.01. The van der Waals surface area contributed by atoms with E-state index in [0.29, 0.717) is 12.1 Å². The van der Waals surface area contributed by atoms with Gasteiger partial charge in [0.2, 0.25) is 6.54 Å². The van der Waals surface area contributed by atoms with Crippen molar-refractivity contribution >= 4 is 11.8 Å². The molecule has 0 fully saturated rings. The molecule has 1 rings (SSSR count). The summed E-state index contributed by atoms with van der Waals surface area (Å²) in [5.41, 5.74) is 5.56. The Morgan fingerprint density at radius 2 is 2.24 bits per heavy atom. The van der Waals surface area contributed by atoms with Gasteiger partial charge in [-0.1, -0.05) is 13.3 Å². The number of hydrogen-bond acceptors (Lipinski definition) is 2. The Morgan fingerprint density at radius 3 is 2.88 bits per heavy atom. The van der Waals surface area contributed by atoms with Gasteiger partial charge in [-0.05, 0) is 12.5 Å². The monoisotopic (exact) mass is 236 g/mol. The van der Waals surface area contributed by atoms with Crippen LogP contribution < -0.4 is 15.6 Å². The summed E-state index contributed by atoms with van der Waals surface area (Å²) in [4.78, 5) is 22.5. The maximum absolute atomic E-state index is 11.5. The predicted octanol–water partition coefficient (Wildman–Crippen LogP) is -0.0107. The third-order valence-corrected chi connectivity index (χ3v) is 2.32. The Bertz CT molecular complexity index is 404. The molecule has 0 saturated carbocycles. The first kappa shape index (κ1) is 13.2. The second kappa shape index (κ2) is 6.62. The van der Waals surface area contributed by atoms with Gasteiger partial charge in [0.15, 0.2) is 12.4 Å². The zero-order chi connectivity index (χ0) is 12.7. The molecule has 17 heavy (non-hydrogen) atoms. The number of carbonyl (C=O) groups is 2. The van der Waals surface area contributed by atoms with E-state index < -0.39 is 5.91 Å². The van der Waals surface area contributed by atoms with Gasteiger partial charge in [0.1, 0.15) is 5.56 Å². The molecule has 0 saturated heterocycles. The zero-order valence-electron chi connectivity index (χ0n) is 9.98. The molecule has 2 amide bonds. The minimum atomic E-state index is -0.495. The molecule has 5 nitrogen and oxygen atoms in total. The Kier molecular flexibility index (Phi) is 5.13. The van der Waals surface area contributed by atoms with E-state index in [-0.39, 0.29) is 12.5 Å². The first-order valence-electron chi connectivity index (χ1n) is 5.69. The third-order valence-electron chi connectivity index (χ3n) is 2.32. The number of pyridine rings is 1. The third kappa shape index (κ3) is 4.63. The van der Waals surface area contributed by atoms with Crippen molar-refractivity contribution in [1.29, 1.82) is 0 Å². The van der Waals surface area contributed by atoms with Crippen molar-refractivity contribution in [3.63, 3.8) is 0 Å². The Balaban J connectivity index is 2.53. The van der Waals surface area contributed by atoms with Crippen molar-refractivity contribution in [1.82, 2.24) is 5.32 Å². The highest BCUT2D eigenvalue weighted by molar-refractivity contribution is 5.92. The molecule has 3 N–H and O–H groups in total.